The first-order valence-electron chi connectivity index (χ1n) is 13.9. The third-order valence-corrected chi connectivity index (χ3v) is 9.00. The number of carboxylic acids is 1. The van der Waals surface area contributed by atoms with Gasteiger partial charge in [0.1, 0.15) is 11.9 Å². The fraction of sp³-hybridized carbons (Fsp3) is 0.533. The minimum Gasteiger partial charge on any atom is -0.542 e. The number of nitrogens with zero attached hydrogens (tertiary/aromatic N) is 1. The van der Waals surface area contributed by atoms with Gasteiger partial charge >= 0.3 is 6.18 Å². The number of piperidine rings is 1. The van der Waals surface area contributed by atoms with Crippen LogP contribution in [0.5, 0.6) is 11.5 Å². The molecule has 3 fully saturated rings. The molecule has 216 valence electrons. The van der Waals surface area contributed by atoms with Crippen LogP contribution >= 0.6 is 0 Å². The predicted molar refractivity (Wildman–Crippen MR) is 138 cm³/mol. The molecule has 6 rings (SSSR count). The highest BCUT2D eigenvalue weighted by molar-refractivity contribution is 5.82. The number of nitrogens with two attached hydrogens (primary N) is 1. The van der Waals surface area contributed by atoms with E-state index in [1.165, 1.54) is 24.0 Å². The van der Waals surface area contributed by atoms with Gasteiger partial charge in [0.15, 0.2) is 11.5 Å². The summed E-state index contributed by atoms with van der Waals surface area (Å²) in [5.74, 6) is 0.254. The predicted octanol–water partition coefficient (Wildman–Crippen LogP) is 2.39. The second-order valence-electron chi connectivity index (χ2n) is 11.2. The van der Waals surface area contributed by atoms with Crippen LogP contribution in [-0.4, -0.2) is 62.3 Å². The van der Waals surface area contributed by atoms with Crippen LogP contribution in [0.3, 0.4) is 0 Å². The molecule has 7 nitrogen and oxygen atoms in total. The van der Waals surface area contributed by atoms with Crippen molar-refractivity contribution in [2.24, 2.45) is 11.8 Å². The van der Waals surface area contributed by atoms with E-state index in [0.717, 1.165) is 50.4 Å². The van der Waals surface area contributed by atoms with Gasteiger partial charge in [0, 0.05) is 18.2 Å². The summed E-state index contributed by atoms with van der Waals surface area (Å²) >= 11 is 0. The summed E-state index contributed by atoms with van der Waals surface area (Å²) in [6.45, 7) is 3.34. The Balaban J connectivity index is 0.000000411. The topological polar surface area (TPSA) is 95.5 Å². The highest BCUT2D eigenvalue weighted by atomic mass is 19.4. The zero-order valence-corrected chi connectivity index (χ0v) is 22.5. The van der Waals surface area contributed by atoms with Crippen molar-refractivity contribution in [3.63, 3.8) is 0 Å². The molecule has 0 aromatic heterocycles. The summed E-state index contributed by atoms with van der Waals surface area (Å²) in [7, 11) is 1.70. The first kappa shape index (κ1) is 28.3. The number of para-hydroxylation sites is 1. The highest BCUT2D eigenvalue weighted by Crippen LogP contribution is 2.50. The Kier molecular flexibility index (Phi) is 7.99. The van der Waals surface area contributed by atoms with E-state index in [4.69, 9.17) is 19.4 Å². The number of carbonyl (C=O) groups is 2. The van der Waals surface area contributed by atoms with Gasteiger partial charge in [-0.25, -0.2) is 0 Å². The molecule has 1 spiro atoms. The Labute approximate surface area is 231 Å². The summed E-state index contributed by atoms with van der Waals surface area (Å²) in [6.07, 6.45) is 0.416. The number of methoxy groups -OCH3 is 1. The molecule has 2 saturated heterocycles. The second kappa shape index (κ2) is 11.3. The van der Waals surface area contributed by atoms with Crippen molar-refractivity contribution in [3.8, 4) is 11.5 Å². The minimum atomic E-state index is -5.19. The molecule has 10 heteroatoms. The van der Waals surface area contributed by atoms with Gasteiger partial charge in [-0.2, -0.15) is 13.2 Å². The Hall–Kier alpha value is -3.27. The molecular weight excluding hydrogens is 525 g/mol. The van der Waals surface area contributed by atoms with Gasteiger partial charge in [-0.3, -0.25) is 4.79 Å². The second-order valence-corrected chi connectivity index (χ2v) is 11.2. The molecule has 1 aliphatic carbocycles. The fourth-order valence-electron chi connectivity index (χ4n) is 6.90. The molecule has 2 N–H and O–H groups in total. The third-order valence-electron chi connectivity index (χ3n) is 9.00. The van der Waals surface area contributed by atoms with Crippen LogP contribution in [0.4, 0.5) is 13.2 Å². The van der Waals surface area contributed by atoms with Crippen LogP contribution < -0.4 is 19.9 Å². The summed E-state index contributed by atoms with van der Waals surface area (Å²) in [6, 6.07) is 17.5. The minimum absolute atomic E-state index is 0.00165. The maximum atomic E-state index is 14.3. The number of rotatable bonds is 4. The molecule has 1 amide bonds. The van der Waals surface area contributed by atoms with Crippen LogP contribution in [0.25, 0.3) is 0 Å². The van der Waals surface area contributed by atoms with Crippen LogP contribution in [0, 0.1) is 11.8 Å². The van der Waals surface area contributed by atoms with Gasteiger partial charge < -0.3 is 29.6 Å². The zero-order valence-electron chi connectivity index (χ0n) is 22.5. The van der Waals surface area contributed by atoms with Crippen LogP contribution in [0.1, 0.15) is 49.1 Å². The molecule has 0 radical (unpaired) electrons. The van der Waals surface area contributed by atoms with E-state index in [-0.39, 0.29) is 11.3 Å². The van der Waals surface area contributed by atoms with E-state index >= 15 is 0 Å². The van der Waals surface area contributed by atoms with E-state index in [1.807, 2.05) is 12.1 Å². The van der Waals surface area contributed by atoms with Crippen molar-refractivity contribution in [1.29, 1.82) is 0 Å². The number of quaternary nitrogens is 1. The number of hydrogen-bond donors (Lipinski definition) is 1. The number of halogens is 3. The molecule has 2 unspecified atom stereocenters. The van der Waals surface area contributed by atoms with E-state index in [2.05, 4.69) is 46.6 Å². The maximum absolute atomic E-state index is 14.3. The number of aliphatic carboxylic acids is 1. The lowest BCUT2D eigenvalue weighted by atomic mass is 9.68. The molecule has 2 aromatic rings. The number of amides is 1. The Morgan fingerprint density at radius 3 is 2.48 bits per heavy atom. The summed E-state index contributed by atoms with van der Waals surface area (Å²) in [5.41, 5.74) is 2.44. The van der Waals surface area contributed by atoms with Crippen molar-refractivity contribution in [2.45, 2.75) is 55.7 Å². The maximum Gasteiger partial charge on any atom is 0.430 e. The highest BCUT2D eigenvalue weighted by Gasteiger charge is 2.56. The van der Waals surface area contributed by atoms with E-state index in [9.17, 15) is 18.0 Å². The smallest absolute Gasteiger partial charge is 0.430 e. The Bertz CT molecular complexity index is 1220. The number of carboxylic acid groups (broad SMARTS) is 1. The van der Waals surface area contributed by atoms with Crippen molar-refractivity contribution in [3.05, 3.63) is 59.7 Å². The van der Waals surface area contributed by atoms with Crippen molar-refractivity contribution in [1.82, 2.24) is 4.90 Å². The third kappa shape index (κ3) is 5.50. The van der Waals surface area contributed by atoms with Crippen molar-refractivity contribution in [2.75, 3.05) is 33.4 Å². The number of carbonyl (C=O) groups excluding carboxylic acids is 2. The summed E-state index contributed by atoms with van der Waals surface area (Å²) in [5, 5.41) is 11.1. The summed E-state index contributed by atoms with van der Waals surface area (Å²) in [4.78, 5) is 25.3. The van der Waals surface area contributed by atoms with Gasteiger partial charge in [0.05, 0.1) is 32.2 Å². The number of ether oxygens (including phenoxy) is 2. The SMILES string of the molecule is COc1cccc2c1OCC[C@]21C[NH2+]C[C@H]1C(=O)N1CCC(c2ccccc2)CC1C1CC1.O=C([O-])C(F)(F)F. The first-order chi connectivity index (χ1) is 19.2. The quantitative estimate of drug-likeness (QED) is 0.620. The van der Waals surface area contributed by atoms with Crippen molar-refractivity contribution < 1.29 is 42.7 Å². The number of hydrogen-bond acceptors (Lipinski definition) is 5. The van der Waals surface area contributed by atoms with Crippen LogP contribution in [0.15, 0.2) is 48.5 Å². The first-order valence-corrected chi connectivity index (χ1v) is 13.9. The fourth-order valence-corrected chi connectivity index (χ4v) is 6.90. The van der Waals surface area contributed by atoms with Crippen LogP contribution in [-0.2, 0) is 15.0 Å². The van der Waals surface area contributed by atoms with Gasteiger partial charge in [0.25, 0.3) is 0 Å². The van der Waals surface area contributed by atoms with E-state index in [1.54, 1.807) is 7.11 Å². The average molecular weight is 561 g/mol. The number of fused-ring (bicyclic) bond motifs is 2. The van der Waals surface area contributed by atoms with Gasteiger partial charge in [-0.05, 0) is 55.6 Å². The summed E-state index contributed by atoms with van der Waals surface area (Å²) < 4.78 is 43.2. The van der Waals surface area contributed by atoms with E-state index < -0.39 is 12.1 Å². The lowest BCUT2D eigenvalue weighted by molar-refractivity contribution is -0.640. The Morgan fingerprint density at radius 1 is 1.10 bits per heavy atom. The van der Waals surface area contributed by atoms with Gasteiger partial charge in [-0.1, -0.05) is 42.5 Å². The molecule has 3 aliphatic heterocycles. The molecule has 4 atom stereocenters. The monoisotopic (exact) mass is 560 g/mol. The standard InChI is InChI=1S/C28H34N2O3.C2HF3O2/c1-32-25-9-5-8-22-26(25)33-15-13-28(22)18-29-17-23(28)27(31)30-14-12-21(16-24(30)20-10-11-20)19-6-3-2-4-7-19;3-2(4,5)1(6)7/h2-9,20-21,23-24,29H,10-18H2,1H3;(H,6,7)/t21?,23-,24?,28-;/m0./s1. The molecule has 4 aliphatic rings. The molecule has 3 heterocycles. The lowest BCUT2D eigenvalue weighted by Gasteiger charge is -2.44. The molecular formula is C30H35F3N2O5. The average Bonchev–Trinajstić information content (AvgIpc) is 3.73. The normalized spacial score (nSPS) is 27.7. The number of alkyl halides is 3. The lowest BCUT2D eigenvalue weighted by Crippen LogP contribution is -2.82. The zero-order chi connectivity index (χ0) is 28.5. The van der Waals surface area contributed by atoms with Gasteiger partial charge in [-0.15, -0.1) is 0 Å². The van der Waals surface area contributed by atoms with Crippen LogP contribution in [0.2, 0.25) is 0 Å². The largest absolute Gasteiger partial charge is 0.542 e. The van der Waals surface area contributed by atoms with E-state index in [0.29, 0.717) is 30.4 Å². The number of benzene rings is 2. The van der Waals surface area contributed by atoms with Gasteiger partial charge in [0.2, 0.25) is 5.91 Å². The molecule has 1 saturated carbocycles. The Morgan fingerprint density at radius 2 is 1.82 bits per heavy atom. The molecule has 0 bridgehead atoms. The van der Waals surface area contributed by atoms with Crippen molar-refractivity contribution >= 4 is 11.9 Å². The molecule has 40 heavy (non-hydrogen) atoms. The molecule has 2 aromatic carbocycles. The number of likely N-dealkylation sites (tertiary alicyclic amines) is 1.